The first kappa shape index (κ1) is 6.87. The molecule has 9 heavy (non-hydrogen) atoms. The molecular weight excluding hydrogens is 128 g/mol. The molecule has 0 radical (unpaired) electrons. The van der Waals surface area contributed by atoms with Gasteiger partial charge in [0.25, 0.3) is 0 Å². The highest BCUT2D eigenvalue weighted by Crippen LogP contribution is 2.17. The molecule has 1 nitrogen and oxygen atoms in total. The number of hydrogen-bond donors (Lipinski definition) is 0. The van der Waals surface area contributed by atoms with E-state index in [0.29, 0.717) is 0 Å². The van der Waals surface area contributed by atoms with Gasteiger partial charge in [0.05, 0.1) is 5.76 Å². The Labute approximate surface area is 59.0 Å². The van der Waals surface area contributed by atoms with Crippen molar-refractivity contribution in [1.82, 2.24) is 0 Å². The summed E-state index contributed by atoms with van der Waals surface area (Å²) in [4.78, 5) is 0. The molecule has 0 spiro atoms. The number of allylic oxidation sites excluding steroid dienone is 2. The van der Waals surface area contributed by atoms with Gasteiger partial charge in [-0.1, -0.05) is 0 Å². The van der Waals surface area contributed by atoms with Crippen LogP contribution in [0.4, 0.5) is 0 Å². The van der Waals surface area contributed by atoms with Crippen molar-refractivity contribution in [3.63, 3.8) is 0 Å². The zero-order chi connectivity index (χ0) is 6.53. The Balaban J connectivity index is 2.28. The molecule has 0 N–H and O–H groups in total. The van der Waals surface area contributed by atoms with Crippen molar-refractivity contribution < 1.29 is 4.43 Å². The van der Waals surface area contributed by atoms with Gasteiger partial charge in [-0.15, -0.1) is 0 Å². The fourth-order valence-corrected chi connectivity index (χ4v) is 1.76. The Morgan fingerprint density at radius 2 is 2.44 bits per heavy atom. The number of hydrogen-bond acceptors (Lipinski definition) is 1. The average Bonchev–Trinajstić information content (AvgIpc) is 1.91. The molecule has 0 aromatic heterocycles. The van der Waals surface area contributed by atoms with Crippen molar-refractivity contribution >= 4 is 9.76 Å². The Morgan fingerprint density at radius 1 is 1.56 bits per heavy atom. The molecule has 0 aromatic rings. The minimum atomic E-state index is -0.199. The van der Waals surface area contributed by atoms with E-state index in [1.54, 1.807) is 0 Å². The zero-order valence-electron chi connectivity index (χ0n) is 6.02. The molecule has 0 amide bonds. The normalized spacial score (nSPS) is 20.3. The smallest absolute Gasteiger partial charge is 0.216 e. The molecule has 1 rings (SSSR count). The molecule has 0 saturated heterocycles. The molecule has 1 aliphatic rings. The molecule has 0 atom stereocenters. The fraction of sp³-hybridized carbons (Fsp3) is 0.714. The van der Waals surface area contributed by atoms with Gasteiger partial charge in [-0.3, -0.25) is 0 Å². The largest absolute Gasteiger partial charge is 0.553 e. The molecular formula is C7H14OSi. The number of rotatable bonds is 2. The van der Waals surface area contributed by atoms with Crippen molar-refractivity contribution in [2.75, 3.05) is 0 Å². The quantitative estimate of drug-likeness (QED) is 0.532. The van der Waals surface area contributed by atoms with E-state index in [4.69, 9.17) is 4.43 Å². The molecule has 0 fully saturated rings. The van der Waals surface area contributed by atoms with E-state index in [-0.39, 0.29) is 9.76 Å². The minimum Gasteiger partial charge on any atom is -0.553 e. The van der Waals surface area contributed by atoms with Gasteiger partial charge >= 0.3 is 0 Å². The van der Waals surface area contributed by atoms with Crippen LogP contribution in [0.15, 0.2) is 11.8 Å². The maximum atomic E-state index is 5.48. The molecule has 0 heterocycles. The molecule has 52 valence electrons. The lowest BCUT2D eigenvalue weighted by molar-refractivity contribution is 0.407. The maximum absolute atomic E-state index is 5.48. The maximum Gasteiger partial charge on any atom is 0.216 e. The van der Waals surface area contributed by atoms with Gasteiger partial charge in [0.15, 0.2) is 0 Å². The summed E-state index contributed by atoms with van der Waals surface area (Å²) in [5, 5.41) is 0. The van der Waals surface area contributed by atoms with Crippen LogP contribution < -0.4 is 0 Å². The standard InChI is InChI=1S/C7H14OSi/c1-9-8-7-5-3-2-4-6-7/h5H,2-4,6,9H2,1H3. The average molecular weight is 142 g/mol. The highest BCUT2D eigenvalue weighted by Gasteiger charge is 2.01. The Kier molecular flexibility index (Phi) is 2.84. The predicted molar refractivity (Wildman–Crippen MR) is 42.0 cm³/mol. The lowest BCUT2D eigenvalue weighted by Crippen LogP contribution is -1.98. The van der Waals surface area contributed by atoms with Crippen LogP contribution in [0.25, 0.3) is 0 Å². The first-order valence-corrected chi connectivity index (χ1v) is 5.74. The highest BCUT2D eigenvalue weighted by molar-refractivity contribution is 6.25. The van der Waals surface area contributed by atoms with E-state index in [0.717, 1.165) is 0 Å². The zero-order valence-corrected chi connectivity index (χ0v) is 7.44. The van der Waals surface area contributed by atoms with Crippen LogP contribution >= 0.6 is 0 Å². The molecule has 0 unspecified atom stereocenters. The van der Waals surface area contributed by atoms with Gasteiger partial charge in [-0.25, -0.2) is 0 Å². The summed E-state index contributed by atoms with van der Waals surface area (Å²) in [6.45, 7) is 2.18. The van der Waals surface area contributed by atoms with E-state index in [9.17, 15) is 0 Å². The lowest BCUT2D eigenvalue weighted by atomic mass is 10.1. The summed E-state index contributed by atoms with van der Waals surface area (Å²) in [6, 6.07) is 0. The van der Waals surface area contributed by atoms with Crippen molar-refractivity contribution in [3.05, 3.63) is 11.8 Å². The van der Waals surface area contributed by atoms with Crippen LogP contribution in [0.5, 0.6) is 0 Å². The van der Waals surface area contributed by atoms with E-state index in [2.05, 4.69) is 12.6 Å². The van der Waals surface area contributed by atoms with Crippen molar-refractivity contribution in [1.29, 1.82) is 0 Å². The van der Waals surface area contributed by atoms with Crippen LogP contribution in [-0.4, -0.2) is 9.76 Å². The van der Waals surface area contributed by atoms with Crippen molar-refractivity contribution in [3.8, 4) is 0 Å². The highest BCUT2D eigenvalue weighted by atomic mass is 28.2. The van der Waals surface area contributed by atoms with Gasteiger partial charge < -0.3 is 4.43 Å². The lowest BCUT2D eigenvalue weighted by Gasteiger charge is -2.12. The third-order valence-electron chi connectivity index (χ3n) is 1.58. The minimum absolute atomic E-state index is 0.199. The van der Waals surface area contributed by atoms with Gasteiger partial charge in [-0.2, -0.15) is 0 Å². The summed E-state index contributed by atoms with van der Waals surface area (Å²) in [5.74, 6) is 1.27. The molecule has 0 aromatic carbocycles. The first-order chi connectivity index (χ1) is 4.43. The van der Waals surface area contributed by atoms with Gasteiger partial charge in [0.1, 0.15) is 0 Å². The third kappa shape index (κ3) is 2.22. The van der Waals surface area contributed by atoms with E-state index >= 15 is 0 Å². The Morgan fingerprint density at radius 3 is 3.00 bits per heavy atom. The molecule has 2 heteroatoms. The second-order valence-corrected chi connectivity index (χ2v) is 3.22. The van der Waals surface area contributed by atoms with Gasteiger partial charge in [0.2, 0.25) is 9.76 Å². The SMILES string of the molecule is C[SiH2]OC1=CCCCC1. The summed E-state index contributed by atoms with van der Waals surface area (Å²) in [6.07, 6.45) is 7.38. The first-order valence-electron chi connectivity index (χ1n) is 3.75. The van der Waals surface area contributed by atoms with E-state index in [1.807, 2.05) is 0 Å². The van der Waals surface area contributed by atoms with Gasteiger partial charge in [-0.05, 0) is 31.9 Å². The van der Waals surface area contributed by atoms with Crippen molar-refractivity contribution in [2.24, 2.45) is 0 Å². The third-order valence-corrected chi connectivity index (χ3v) is 2.24. The molecule has 0 aliphatic heterocycles. The molecule has 0 saturated carbocycles. The summed E-state index contributed by atoms with van der Waals surface area (Å²) >= 11 is 0. The van der Waals surface area contributed by atoms with Crippen LogP contribution in [0.2, 0.25) is 6.55 Å². The van der Waals surface area contributed by atoms with Crippen molar-refractivity contribution in [2.45, 2.75) is 32.2 Å². The van der Waals surface area contributed by atoms with E-state index in [1.165, 1.54) is 31.4 Å². The topological polar surface area (TPSA) is 9.23 Å². The van der Waals surface area contributed by atoms with Crippen LogP contribution in [-0.2, 0) is 4.43 Å². The Bertz CT molecular complexity index is 109. The summed E-state index contributed by atoms with van der Waals surface area (Å²) in [7, 11) is -0.199. The van der Waals surface area contributed by atoms with Crippen LogP contribution in [0.1, 0.15) is 25.7 Å². The molecule has 0 bridgehead atoms. The second kappa shape index (κ2) is 3.72. The summed E-state index contributed by atoms with van der Waals surface area (Å²) in [5.41, 5.74) is 0. The van der Waals surface area contributed by atoms with Gasteiger partial charge in [0, 0.05) is 6.42 Å². The second-order valence-electron chi connectivity index (χ2n) is 2.35. The fourth-order valence-electron chi connectivity index (χ4n) is 1.13. The predicted octanol–water partition coefficient (Wildman–Crippen LogP) is 1.59. The van der Waals surface area contributed by atoms with E-state index < -0.39 is 0 Å². The van der Waals surface area contributed by atoms with Crippen LogP contribution in [0, 0.1) is 0 Å². The summed E-state index contributed by atoms with van der Waals surface area (Å²) < 4.78 is 5.48. The Hall–Kier alpha value is -0.243. The molecule has 1 aliphatic carbocycles. The monoisotopic (exact) mass is 142 g/mol. The van der Waals surface area contributed by atoms with Crippen LogP contribution in [0.3, 0.4) is 0 Å².